The smallest absolute Gasteiger partial charge is 0.229 e. The van der Waals surface area contributed by atoms with Crippen LogP contribution < -0.4 is 15.8 Å². The Morgan fingerprint density at radius 3 is 2.75 bits per heavy atom. The maximum Gasteiger partial charge on any atom is 0.229 e. The molecule has 0 aliphatic carbocycles. The van der Waals surface area contributed by atoms with Crippen molar-refractivity contribution in [3.63, 3.8) is 0 Å². The maximum absolute atomic E-state index is 12.7. The van der Waals surface area contributed by atoms with E-state index in [4.69, 9.17) is 26.8 Å². The summed E-state index contributed by atoms with van der Waals surface area (Å²) in [5.41, 5.74) is 7.72. The molecule has 2 aromatic carbocycles. The lowest BCUT2D eigenvalue weighted by molar-refractivity contribution is -0.120. The number of halogens is 2. The van der Waals surface area contributed by atoms with Crippen molar-refractivity contribution in [3.05, 3.63) is 59.1 Å². The van der Waals surface area contributed by atoms with Crippen LogP contribution in [-0.2, 0) is 9.53 Å². The number of hydrogen-bond acceptors (Lipinski definition) is 4. The third-order valence-electron chi connectivity index (χ3n) is 4.78. The van der Waals surface area contributed by atoms with E-state index < -0.39 is 12.0 Å². The topological polar surface area (TPSA) is 73.6 Å². The highest BCUT2D eigenvalue weighted by molar-refractivity contribution is 6.31. The summed E-state index contributed by atoms with van der Waals surface area (Å²) in [6, 6.07) is 14.4. The van der Waals surface area contributed by atoms with E-state index in [1.165, 1.54) is 0 Å². The van der Waals surface area contributed by atoms with Gasteiger partial charge in [0.25, 0.3) is 0 Å². The summed E-state index contributed by atoms with van der Waals surface area (Å²) in [7, 11) is 0. The summed E-state index contributed by atoms with van der Waals surface area (Å²) in [5, 5.41) is 3.43. The van der Waals surface area contributed by atoms with Crippen LogP contribution >= 0.6 is 24.0 Å². The molecule has 5 nitrogen and oxygen atoms in total. The Balaban J connectivity index is 0.00000280. The van der Waals surface area contributed by atoms with Crippen molar-refractivity contribution in [2.24, 2.45) is 11.7 Å². The van der Waals surface area contributed by atoms with Gasteiger partial charge < -0.3 is 20.5 Å². The lowest BCUT2D eigenvalue weighted by Gasteiger charge is -2.21. The fourth-order valence-electron chi connectivity index (χ4n) is 3.06. The largest absolute Gasteiger partial charge is 0.489 e. The average molecular weight is 425 g/mol. The number of amides is 1. The molecule has 3 unspecified atom stereocenters. The predicted molar refractivity (Wildman–Crippen MR) is 114 cm³/mol. The lowest BCUT2D eigenvalue weighted by Crippen LogP contribution is -2.30. The Morgan fingerprint density at radius 1 is 1.32 bits per heavy atom. The molecular weight excluding hydrogens is 399 g/mol. The molecule has 3 N–H and O–H groups in total. The van der Waals surface area contributed by atoms with Gasteiger partial charge in [0, 0.05) is 17.7 Å². The highest BCUT2D eigenvalue weighted by atomic mass is 35.5. The Hall–Kier alpha value is -1.79. The van der Waals surface area contributed by atoms with Crippen molar-refractivity contribution in [3.8, 4) is 5.75 Å². The summed E-state index contributed by atoms with van der Waals surface area (Å²) in [4.78, 5) is 12.7. The van der Waals surface area contributed by atoms with Crippen molar-refractivity contribution in [2.45, 2.75) is 31.9 Å². The molecule has 0 bridgehead atoms. The van der Waals surface area contributed by atoms with Gasteiger partial charge in [-0.2, -0.15) is 0 Å². The standard InChI is InChI=1S/C21H25ClN2O3.ClH/c1-14(20(23)15-6-3-2-4-7-15)21(25)24-18-12-16(22)9-10-19(18)27-13-17-8-5-11-26-17;/h2-4,6-7,9-10,12,14,17,20H,5,8,11,13,23H2,1H3,(H,24,25);1H. The van der Waals surface area contributed by atoms with Gasteiger partial charge in [-0.25, -0.2) is 0 Å². The molecule has 2 aromatic rings. The van der Waals surface area contributed by atoms with E-state index in [2.05, 4.69) is 5.32 Å². The van der Waals surface area contributed by atoms with E-state index in [9.17, 15) is 4.79 Å². The monoisotopic (exact) mass is 424 g/mol. The maximum atomic E-state index is 12.7. The number of ether oxygens (including phenoxy) is 2. The fourth-order valence-corrected chi connectivity index (χ4v) is 3.23. The van der Waals surface area contributed by atoms with Gasteiger partial charge in [0.1, 0.15) is 12.4 Å². The molecule has 1 aliphatic heterocycles. The molecule has 28 heavy (non-hydrogen) atoms. The molecule has 0 radical (unpaired) electrons. The van der Waals surface area contributed by atoms with Crippen molar-refractivity contribution in [1.82, 2.24) is 0 Å². The molecule has 1 fully saturated rings. The van der Waals surface area contributed by atoms with Gasteiger partial charge >= 0.3 is 0 Å². The molecule has 1 amide bonds. The highest BCUT2D eigenvalue weighted by Crippen LogP contribution is 2.30. The van der Waals surface area contributed by atoms with Crippen LogP contribution in [0.25, 0.3) is 0 Å². The Morgan fingerprint density at radius 2 is 2.07 bits per heavy atom. The predicted octanol–water partition coefficient (Wildman–Crippen LogP) is 4.59. The molecule has 7 heteroatoms. The molecule has 1 aliphatic rings. The van der Waals surface area contributed by atoms with Crippen LogP contribution in [0.5, 0.6) is 5.75 Å². The summed E-state index contributed by atoms with van der Waals surface area (Å²) in [5.74, 6) is -0.0308. The molecule has 3 rings (SSSR count). The van der Waals surface area contributed by atoms with E-state index in [1.807, 2.05) is 37.3 Å². The molecule has 1 heterocycles. The first-order valence-electron chi connectivity index (χ1n) is 9.20. The van der Waals surface area contributed by atoms with Crippen LogP contribution in [0.3, 0.4) is 0 Å². The summed E-state index contributed by atoms with van der Waals surface area (Å²) >= 11 is 6.11. The van der Waals surface area contributed by atoms with Gasteiger partial charge in [0.2, 0.25) is 5.91 Å². The number of carbonyl (C=O) groups is 1. The first kappa shape index (κ1) is 22.5. The number of hydrogen-bond donors (Lipinski definition) is 2. The number of anilines is 1. The van der Waals surface area contributed by atoms with Gasteiger partial charge in [-0.15, -0.1) is 12.4 Å². The average Bonchev–Trinajstić information content (AvgIpc) is 3.20. The summed E-state index contributed by atoms with van der Waals surface area (Å²) in [6.07, 6.45) is 2.13. The minimum absolute atomic E-state index is 0. The number of nitrogens with one attached hydrogen (secondary N) is 1. The van der Waals surface area contributed by atoms with Crippen molar-refractivity contribution >= 4 is 35.6 Å². The number of carbonyl (C=O) groups excluding carboxylic acids is 1. The molecule has 0 spiro atoms. The first-order valence-corrected chi connectivity index (χ1v) is 9.57. The summed E-state index contributed by atoms with van der Waals surface area (Å²) < 4.78 is 11.5. The van der Waals surface area contributed by atoms with Gasteiger partial charge in [-0.05, 0) is 36.6 Å². The van der Waals surface area contributed by atoms with E-state index in [-0.39, 0.29) is 24.4 Å². The van der Waals surface area contributed by atoms with Crippen LogP contribution in [0.2, 0.25) is 5.02 Å². The zero-order valence-electron chi connectivity index (χ0n) is 15.8. The summed E-state index contributed by atoms with van der Waals surface area (Å²) in [6.45, 7) is 3.03. The zero-order valence-corrected chi connectivity index (χ0v) is 17.3. The number of rotatable bonds is 7. The molecule has 1 saturated heterocycles. The van der Waals surface area contributed by atoms with Crippen LogP contribution in [0, 0.1) is 5.92 Å². The first-order chi connectivity index (χ1) is 13.0. The van der Waals surface area contributed by atoms with Crippen molar-refractivity contribution < 1.29 is 14.3 Å². The lowest BCUT2D eigenvalue weighted by atomic mass is 9.94. The number of nitrogens with two attached hydrogens (primary N) is 1. The third-order valence-corrected chi connectivity index (χ3v) is 5.02. The van der Waals surface area contributed by atoms with E-state index in [1.54, 1.807) is 18.2 Å². The van der Waals surface area contributed by atoms with E-state index >= 15 is 0 Å². The van der Waals surface area contributed by atoms with Crippen LogP contribution in [-0.4, -0.2) is 25.2 Å². The molecule has 0 aromatic heterocycles. The molecule has 0 saturated carbocycles. The quantitative estimate of drug-likeness (QED) is 0.681. The second-order valence-corrected chi connectivity index (χ2v) is 7.24. The third kappa shape index (κ3) is 5.85. The normalized spacial score (nSPS) is 18.0. The van der Waals surface area contributed by atoms with Crippen LogP contribution in [0.4, 0.5) is 5.69 Å². The molecular formula is C21H26Cl2N2O3. The molecule has 3 atom stereocenters. The Labute approximate surface area is 177 Å². The molecule has 152 valence electrons. The Kier molecular flexibility index (Phi) is 8.58. The number of benzene rings is 2. The fraction of sp³-hybridized carbons (Fsp3) is 0.381. The second-order valence-electron chi connectivity index (χ2n) is 6.80. The SMILES string of the molecule is CC(C(=O)Nc1cc(Cl)ccc1OCC1CCCO1)C(N)c1ccccc1.Cl. The highest BCUT2D eigenvalue weighted by Gasteiger charge is 2.23. The Bertz CT molecular complexity index is 768. The second kappa shape index (κ2) is 10.7. The van der Waals surface area contributed by atoms with Crippen LogP contribution in [0.1, 0.15) is 31.4 Å². The minimum atomic E-state index is -0.419. The van der Waals surface area contributed by atoms with Gasteiger partial charge in [-0.3, -0.25) is 4.79 Å². The van der Waals surface area contributed by atoms with Gasteiger partial charge in [0.15, 0.2) is 0 Å². The van der Waals surface area contributed by atoms with E-state index in [0.29, 0.717) is 23.1 Å². The van der Waals surface area contributed by atoms with E-state index in [0.717, 1.165) is 25.0 Å². The van der Waals surface area contributed by atoms with Gasteiger partial charge in [0.05, 0.1) is 17.7 Å². The van der Waals surface area contributed by atoms with Crippen molar-refractivity contribution in [2.75, 3.05) is 18.5 Å². The van der Waals surface area contributed by atoms with Crippen LogP contribution in [0.15, 0.2) is 48.5 Å². The van der Waals surface area contributed by atoms with Crippen molar-refractivity contribution in [1.29, 1.82) is 0 Å². The zero-order chi connectivity index (χ0) is 19.2. The van der Waals surface area contributed by atoms with Gasteiger partial charge in [-0.1, -0.05) is 48.9 Å². The minimum Gasteiger partial charge on any atom is -0.489 e.